The molecule has 0 atom stereocenters. The van der Waals surface area contributed by atoms with Gasteiger partial charge in [-0.2, -0.15) is 8.75 Å². The number of hydrogen-bond acceptors (Lipinski definition) is 5. The lowest BCUT2D eigenvalue weighted by atomic mass is 9.76. The van der Waals surface area contributed by atoms with E-state index in [9.17, 15) is 4.79 Å². The maximum atomic E-state index is 12.8. The van der Waals surface area contributed by atoms with E-state index in [1.54, 1.807) is 6.07 Å². The lowest BCUT2D eigenvalue weighted by Gasteiger charge is -2.35. The first-order valence-corrected chi connectivity index (χ1v) is 8.20. The Kier molecular flexibility index (Phi) is 4.10. The van der Waals surface area contributed by atoms with Crippen LogP contribution in [0.25, 0.3) is 11.0 Å². The number of nitrogens with one attached hydrogen (secondary N) is 2. The summed E-state index contributed by atoms with van der Waals surface area (Å²) in [5.41, 5.74) is 1.69. The first kappa shape index (κ1) is 14.7. The molecule has 2 aromatic rings. The first-order valence-electron chi connectivity index (χ1n) is 7.09. The highest BCUT2D eigenvalue weighted by molar-refractivity contribution is 7.00. The van der Waals surface area contributed by atoms with Gasteiger partial charge in [0.1, 0.15) is 11.0 Å². The van der Waals surface area contributed by atoms with Crippen molar-refractivity contribution in [1.82, 2.24) is 14.1 Å². The van der Waals surface area contributed by atoms with E-state index in [1.807, 2.05) is 6.07 Å². The zero-order chi connectivity index (χ0) is 14.9. The number of rotatable bonds is 3. The molecule has 0 radical (unpaired) electrons. The van der Waals surface area contributed by atoms with Gasteiger partial charge in [0.2, 0.25) is 5.91 Å². The van der Waals surface area contributed by atoms with E-state index in [-0.39, 0.29) is 11.3 Å². The van der Waals surface area contributed by atoms with E-state index in [2.05, 4.69) is 26.3 Å². The Morgan fingerprint density at radius 3 is 2.90 bits per heavy atom. The molecule has 3 rings (SSSR count). The largest absolute Gasteiger partial charge is 0.322 e. The van der Waals surface area contributed by atoms with Gasteiger partial charge in [0.25, 0.3) is 0 Å². The summed E-state index contributed by atoms with van der Waals surface area (Å²) in [5.74, 6) is 0.0360. The van der Waals surface area contributed by atoms with Gasteiger partial charge in [-0.25, -0.2) is 0 Å². The van der Waals surface area contributed by atoms with Crippen LogP contribution in [-0.4, -0.2) is 27.7 Å². The summed E-state index contributed by atoms with van der Waals surface area (Å²) in [6, 6.07) is 3.57. The van der Waals surface area contributed by atoms with Gasteiger partial charge in [-0.15, -0.1) is 0 Å². The second-order valence-corrected chi connectivity index (χ2v) is 6.33. The van der Waals surface area contributed by atoms with Crippen LogP contribution in [0.3, 0.4) is 0 Å². The summed E-state index contributed by atoms with van der Waals surface area (Å²) >= 11 is 7.36. The van der Waals surface area contributed by atoms with Crippen LogP contribution in [-0.2, 0) is 4.79 Å². The van der Waals surface area contributed by atoms with E-state index < -0.39 is 0 Å². The third kappa shape index (κ3) is 2.63. The molecule has 1 fully saturated rings. The Balaban J connectivity index is 1.92. The van der Waals surface area contributed by atoms with Crippen LogP contribution in [0.5, 0.6) is 0 Å². The number of anilines is 1. The van der Waals surface area contributed by atoms with Crippen molar-refractivity contribution in [2.45, 2.75) is 26.2 Å². The molecule has 21 heavy (non-hydrogen) atoms. The zero-order valence-electron chi connectivity index (χ0n) is 11.8. The first-order chi connectivity index (χ1) is 10.2. The monoisotopic (exact) mass is 324 g/mol. The zero-order valence-corrected chi connectivity index (χ0v) is 13.4. The third-order valence-corrected chi connectivity index (χ3v) is 5.19. The van der Waals surface area contributed by atoms with E-state index in [0.717, 1.165) is 49.6 Å². The topological polar surface area (TPSA) is 66.9 Å². The predicted octanol–water partition coefficient (Wildman–Crippen LogP) is 3.06. The Hall–Kier alpha value is -1.24. The predicted molar refractivity (Wildman–Crippen MR) is 85.9 cm³/mol. The molecule has 1 aromatic carbocycles. The summed E-state index contributed by atoms with van der Waals surface area (Å²) in [5, 5.41) is 6.81. The van der Waals surface area contributed by atoms with Gasteiger partial charge in [-0.05, 0) is 44.5 Å². The Morgan fingerprint density at radius 1 is 1.43 bits per heavy atom. The SMILES string of the molecule is CCC1(C(=O)Nc2c(Cl)ccc3nsnc23)CCNCC1. The molecule has 1 aromatic heterocycles. The molecule has 2 heterocycles. The normalized spacial score (nSPS) is 17.8. The summed E-state index contributed by atoms with van der Waals surface area (Å²) < 4.78 is 8.43. The maximum absolute atomic E-state index is 12.8. The molecular weight excluding hydrogens is 308 g/mol. The number of halogens is 1. The molecule has 112 valence electrons. The smallest absolute Gasteiger partial charge is 0.230 e. The van der Waals surface area contributed by atoms with E-state index in [0.29, 0.717) is 16.2 Å². The maximum Gasteiger partial charge on any atom is 0.230 e. The number of amides is 1. The van der Waals surface area contributed by atoms with Gasteiger partial charge < -0.3 is 10.6 Å². The van der Waals surface area contributed by atoms with Crippen LogP contribution >= 0.6 is 23.3 Å². The Labute approximate surface area is 132 Å². The van der Waals surface area contributed by atoms with Crippen LogP contribution in [0.2, 0.25) is 5.02 Å². The fraction of sp³-hybridized carbons (Fsp3) is 0.500. The van der Waals surface area contributed by atoms with Crippen molar-refractivity contribution >= 4 is 46.0 Å². The molecular formula is C14H17ClN4OS. The van der Waals surface area contributed by atoms with Gasteiger partial charge >= 0.3 is 0 Å². The minimum atomic E-state index is -0.319. The quantitative estimate of drug-likeness (QED) is 0.910. The number of carbonyl (C=O) groups excluding carboxylic acids is 1. The van der Waals surface area contributed by atoms with Crippen LogP contribution in [0.4, 0.5) is 5.69 Å². The van der Waals surface area contributed by atoms with Crippen molar-refractivity contribution in [3.8, 4) is 0 Å². The average Bonchev–Trinajstić information content (AvgIpc) is 2.99. The van der Waals surface area contributed by atoms with E-state index in [4.69, 9.17) is 11.6 Å². The van der Waals surface area contributed by atoms with E-state index >= 15 is 0 Å². The van der Waals surface area contributed by atoms with Gasteiger partial charge in [-0.3, -0.25) is 4.79 Å². The lowest BCUT2D eigenvalue weighted by molar-refractivity contribution is -0.127. The fourth-order valence-electron chi connectivity index (χ4n) is 2.84. The average molecular weight is 325 g/mol. The molecule has 0 spiro atoms. The number of nitrogens with zero attached hydrogens (tertiary/aromatic N) is 2. The standard InChI is InChI=1S/C14H17ClN4OS/c1-2-14(5-7-16-8-6-14)13(20)17-11-9(15)3-4-10-12(11)19-21-18-10/h3-4,16H,2,5-8H2,1H3,(H,17,20). The molecule has 1 amide bonds. The second-order valence-electron chi connectivity index (χ2n) is 5.39. The minimum Gasteiger partial charge on any atom is -0.322 e. The fourth-order valence-corrected chi connectivity index (χ4v) is 3.58. The minimum absolute atomic E-state index is 0.0360. The number of fused-ring (bicyclic) bond motifs is 1. The summed E-state index contributed by atoms with van der Waals surface area (Å²) in [4.78, 5) is 12.8. The highest BCUT2D eigenvalue weighted by Crippen LogP contribution is 2.36. The Bertz CT molecular complexity index is 666. The molecule has 7 heteroatoms. The number of aromatic nitrogens is 2. The van der Waals surface area contributed by atoms with Crippen LogP contribution < -0.4 is 10.6 Å². The van der Waals surface area contributed by atoms with Crippen molar-refractivity contribution in [2.75, 3.05) is 18.4 Å². The second kappa shape index (κ2) is 5.87. The number of benzene rings is 1. The third-order valence-electron chi connectivity index (χ3n) is 4.33. The van der Waals surface area contributed by atoms with Crippen LogP contribution in [0, 0.1) is 5.41 Å². The molecule has 5 nitrogen and oxygen atoms in total. The molecule has 0 bridgehead atoms. The van der Waals surface area contributed by atoms with Crippen LogP contribution in [0.15, 0.2) is 12.1 Å². The molecule has 1 saturated heterocycles. The molecule has 1 aliphatic rings. The van der Waals surface area contributed by atoms with Crippen molar-refractivity contribution in [2.24, 2.45) is 5.41 Å². The van der Waals surface area contributed by atoms with Gasteiger partial charge in [0, 0.05) is 0 Å². The van der Waals surface area contributed by atoms with Crippen molar-refractivity contribution in [3.05, 3.63) is 17.2 Å². The molecule has 0 unspecified atom stereocenters. The molecule has 1 aliphatic heterocycles. The summed E-state index contributed by atoms with van der Waals surface area (Å²) in [6.45, 7) is 3.81. The molecule has 0 aliphatic carbocycles. The van der Waals surface area contributed by atoms with Crippen molar-refractivity contribution in [1.29, 1.82) is 0 Å². The Morgan fingerprint density at radius 2 is 2.19 bits per heavy atom. The molecule has 0 saturated carbocycles. The number of hydrogen-bond donors (Lipinski definition) is 2. The van der Waals surface area contributed by atoms with Crippen LogP contribution in [0.1, 0.15) is 26.2 Å². The summed E-state index contributed by atoms with van der Waals surface area (Å²) in [7, 11) is 0. The molecule has 2 N–H and O–H groups in total. The van der Waals surface area contributed by atoms with Crippen molar-refractivity contribution in [3.63, 3.8) is 0 Å². The number of carbonyl (C=O) groups is 1. The van der Waals surface area contributed by atoms with Gasteiger partial charge in [0.05, 0.1) is 27.9 Å². The van der Waals surface area contributed by atoms with Gasteiger partial charge in [0.15, 0.2) is 0 Å². The van der Waals surface area contributed by atoms with E-state index in [1.165, 1.54) is 0 Å². The van der Waals surface area contributed by atoms with Crippen molar-refractivity contribution < 1.29 is 4.79 Å². The highest BCUT2D eigenvalue weighted by Gasteiger charge is 2.38. The summed E-state index contributed by atoms with van der Waals surface area (Å²) in [6.07, 6.45) is 2.51. The van der Waals surface area contributed by atoms with Gasteiger partial charge in [-0.1, -0.05) is 18.5 Å². The lowest BCUT2D eigenvalue weighted by Crippen LogP contribution is -2.44. The highest BCUT2D eigenvalue weighted by atomic mass is 35.5. The number of piperidine rings is 1.